The number of carboxylic acids is 1. The Morgan fingerprint density at radius 2 is 1.52 bits per heavy atom. The van der Waals surface area contributed by atoms with Gasteiger partial charge in [-0.05, 0) is 35.4 Å². The molecule has 9 heteroatoms. The fraction of sp³-hybridized carbons (Fsp3) is 0.250. The van der Waals surface area contributed by atoms with Gasteiger partial charge in [-0.25, -0.2) is 4.79 Å². The zero-order valence-corrected chi connectivity index (χ0v) is 15.0. The molecule has 2 aromatic rings. The van der Waals surface area contributed by atoms with Crippen molar-refractivity contribution in [3.05, 3.63) is 53.6 Å². The molecule has 6 N–H and O–H groups in total. The SMILES string of the molecule is O=C(O)[C@@H]1O[C@@H](Oc2cc(O)cc(/C=C/c3ccc(O)cc3)c2)[C@@H](O)[C@@H](O)[C@@H]1O. The molecule has 0 saturated carbocycles. The molecule has 0 aliphatic carbocycles. The normalized spacial score (nSPS) is 27.1. The quantitative estimate of drug-likeness (QED) is 0.391. The molecule has 2 aromatic carbocycles. The van der Waals surface area contributed by atoms with Crippen molar-refractivity contribution in [3.8, 4) is 17.2 Å². The van der Waals surface area contributed by atoms with Crippen LogP contribution >= 0.6 is 0 Å². The van der Waals surface area contributed by atoms with E-state index in [-0.39, 0.29) is 17.2 Å². The Balaban J connectivity index is 1.78. The van der Waals surface area contributed by atoms with Crippen molar-refractivity contribution in [3.63, 3.8) is 0 Å². The first-order valence-corrected chi connectivity index (χ1v) is 8.65. The number of phenolic OH excluding ortho intramolecular Hbond substituents is 2. The standard InChI is InChI=1S/C20H20O9/c21-12-5-3-10(4-6-12)1-2-11-7-13(22)9-14(8-11)28-20-17(25)15(23)16(24)18(29-20)19(26)27/h1-9,15-18,20-25H,(H,26,27)/b2-1+/t15-,16-,17-,18+,20+/m0/s1. The van der Waals surface area contributed by atoms with E-state index in [1.165, 1.54) is 30.3 Å². The Labute approximate surface area is 165 Å². The van der Waals surface area contributed by atoms with Gasteiger partial charge in [-0.2, -0.15) is 0 Å². The predicted octanol–water partition coefficient (Wildman–Crippen LogP) is 0.539. The van der Waals surface area contributed by atoms with Crippen LogP contribution < -0.4 is 4.74 Å². The van der Waals surface area contributed by atoms with Crippen LogP contribution in [0.2, 0.25) is 0 Å². The van der Waals surface area contributed by atoms with Crippen LogP contribution in [-0.2, 0) is 9.53 Å². The fourth-order valence-electron chi connectivity index (χ4n) is 2.83. The molecule has 1 aliphatic rings. The van der Waals surface area contributed by atoms with Crippen molar-refractivity contribution in [1.82, 2.24) is 0 Å². The van der Waals surface area contributed by atoms with Gasteiger partial charge in [0.05, 0.1) is 0 Å². The molecule has 1 aliphatic heterocycles. The second-order valence-corrected chi connectivity index (χ2v) is 6.54. The largest absolute Gasteiger partial charge is 0.508 e. The highest BCUT2D eigenvalue weighted by Crippen LogP contribution is 2.28. The van der Waals surface area contributed by atoms with Crippen LogP contribution in [-0.4, -0.2) is 67.3 Å². The van der Waals surface area contributed by atoms with Gasteiger partial charge in [0, 0.05) is 6.07 Å². The third kappa shape index (κ3) is 4.84. The lowest BCUT2D eigenvalue weighted by molar-refractivity contribution is -0.271. The number of hydrogen-bond acceptors (Lipinski definition) is 8. The van der Waals surface area contributed by atoms with Gasteiger partial charge in [-0.15, -0.1) is 0 Å². The maximum atomic E-state index is 11.2. The van der Waals surface area contributed by atoms with Crippen LogP contribution in [0.1, 0.15) is 11.1 Å². The summed E-state index contributed by atoms with van der Waals surface area (Å²) in [5.74, 6) is -1.50. The summed E-state index contributed by atoms with van der Waals surface area (Å²) in [5.41, 5.74) is 1.31. The predicted molar refractivity (Wildman–Crippen MR) is 100 cm³/mol. The average Bonchev–Trinajstić information content (AvgIpc) is 2.67. The number of rotatable bonds is 5. The zero-order chi connectivity index (χ0) is 21.1. The highest BCUT2D eigenvalue weighted by Gasteiger charge is 2.48. The highest BCUT2D eigenvalue weighted by molar-refractivity contribution is 5.73. The van der Waals surface area contributed by atoms with E-state index >= 15 is 0 Å². The lowest BCUT2D eigenvalue weighted by atomic mass is 9.99. The maximum Gasteiger partial charge on any atom is 0.335 e. The highest BCUT2D eigenvalue weighted by atomic mass is 16.7. The third-order valence-corrected chi connectivity index (χ3v) is 4.34. The Kier molecular flexibility index (Phi) is 6.04. The summed E-state index contributed by atoms with van der Waals surface area (Å²) in [5, 5.41) is 57.9. The first-order valence-electron chi connectivity index (χ1n) is 8.65. The second kappa shape index (κ2) is 8.50. The molecule has 0 bridgehead atoms. The molecule has 9 nitrogen and oxygen atoms in total. The van der Waals surface area contributed by atoms with Crippen molar-refractivity contribution in [2.75, 3.05) is 0 Å². The lowest BCUT2D eigenvalue weighted by Gasteiger charge is -2.38. The van der Waals surface area contributed by atoms with Crippen LogP contribution in [0.15, 0.2) is 42.5 Å². The number of aliphatic hydroxyl groups excluding tert-OH is 3. The molecule has 1 heterocycles. The number of phenols is 2. The van der Waals surface area contributed by atoms with Crippen molar-refractivity contribution in [2.45, 2.75) is 30.7 Å². The lowest BCUT2D eigenvalue weighted by Crippen LogP contribution is -2.61. The smallest absolute Gasteiger partial charge is 0.335 e. The number of carbonyl (C=O) groups is 1. The molecule has 3 rings (SSSR count). The average molecular weight is 404 g/mol. The summed E-state index contributed by atoms with van der Waals surface area (Å²) >= 11 is 0. The topological polar surface area (TPSA) is 157 Å². The molecule has 1 fully saturated rings. The van der Waals surface area contributed by atoms with Gasteiger partial charge in [0.1, 0.15) is 35.6 Å². The minimum Gasteiger partial charge on any atom is -0.508 e. The molecule has 5 atom stereocenters. The molecule has 1 saturated heterocycles. The number of carboxylic acid groups (broad SMARTS) is 1. The maximum absolute atomic E-state index is 11.2. The van der Waals surface area contributed by atoms with Crippen LogP contribution in [0.25, 0.3) is 12.2 Å². The van der Waals surface area contributed by atoms with Gasteiger partial charge in [0.2, 0.25) is 6.29 Å². The van der Waals surface area contributed by atoms with Crippen LogP contribution in [0.4, 0.5) is 0 Å². The van der Waals surface area contributed by atoms with Crippen molar-refractivity contribution >= 4 is 18.1 Å². The van der Waals surface area contributed by atoms with Crippen LogP contribution in [0.3, 0.4) is 0 Å². The molecule has 0 radical (unpaired) electrons. The van der Waals surface area contributed by atoms with Gasteiger partial charge in [-0.1, -0.05) is 24.3 Å². The molecular formula is C20H20O9. The summed E-state index contributed by atoms with van der Waals surface area (Å²) in [4.78, 5) is 11.2. The Morgan fingerprint density at radius 1 is 0.862 bits per heavy atom. The summed E-state index contributed by atoms with van der Waals surface area (Å²) < 4.78 is 10.5. The van der Waals surface area contributed by atoms with Gasteiger partial charge < -0.3 is 40.1 Å². The van der Waals surface area contributed by atoms with E-state index in [0.29, 0.717) is 5.56 Å². The number of benzene rings is 2. The number of aliphatic carboxylic acids is 1. The first kappa shape index (κ1) is 20.6. The van der Waals surface area contributed by atoms with Gasteiger partial charge in [-0.3, -0.25) is 0 Å². The number of aromatic hydroxyl groups is 2. The van der Waals surface area contributed by atoms with Crippen molar-refractivity contribution < 1.29 is 44.9 Å². The van der Waals surface area contributed by atoms with E-state index in [1.807, 2.05) is 0 Å². The van der Waals surface area contributed by atoms with E-state index in [2.05, 4.69) is 0 Å². The van der Waals surface area contributed by atoms with E-state index in [9.17, 15) is 30.3 Å². The summed E-state index contributed by atoms with van der Waals surface area (Å²) in [6, 6.07) is 10.6. The second-order valence-electron chi connectivity index (χ2n) is 6.54. The van der Waals surface area contributed by atoms with E-state index in [4.69, 9.17) is 14.6 Å². The summed E-state index contributed by atoms with van der Waals surface area (Å²) in [6.07, 6.45) is -5.30. The Hall–Kier alpha value is -3.11. The fourth-order valence-corrected chi connectivity index (χ4v) is 2.83. The Bertz CT molecular complexity index is 893. The zero-order valence-electron chi connectivity index (χ0n) is 15.0. The molecule has 0 unspecified atom stereocenters. The first-order chi connectivity index (χ1) is 13.7. The monoisotopic (exact) mass is 404 g/mol. The molecule has 154 valence electrons. The van der Waals surface area contributed by atoms with E-state index < -0.39 is 36.7 Å². The molecule has 0 amide bonds. The summed E-state index contributed by atoms with van der Waals surface area (Å²) in [7, 11) is 0. The minimum atomic E-state index is -1.82. The molecular weight excluding hydrogens is 384 g/mol. The van der Waals surface area contributed by atoms with Crippen molar-refractivity contribution in [1.29, 1.82) is 0 Å². The van der Waals surface area contributed by atoms with Gasteiger partial charge in [0.15, 0.2) is 6.10 Å². The Morgan fingerprint density at radius 3 is 2.17 bits per heavy atom. The third-order valence-electron chi connectivity index (χ3n) is 4.34. The number of aliphatic hydroxyl groups is 3. The van der Waals surface area contributed by atoms with E-state index in [0.717, 1.165) is 5.56 Å². The minimum absolute atomic E-state index is 0.0483. The summed E-state index contributed by atoms with van der Waals surface area (Å²) in [6.45, 7) is 0. The van der Waals surface area contributed by atoms with Gasteiger partial charge in [0.25, 0.3) is 0 Å². The molecule has 29 heavy (non-hydrogen) atoms. The van der Waals surface area contributed by atoms with Crippen molar-refractivity contribution in [2.24, 2.45) is 0 Å². The number of ether oxygens (including phenoxy) is 2. The molecule has 0 aromatic heterocycles. The van der Waals surface area contributed by atoms with Gasteiger partial charge >= 0.3 is 5.97 Å². The number of hydrogen-bond donors (Lipinski definition) is 6. The van der Waals surface area contributed by atoms with Crippen LogP contribution in [0, 0.1) is 0 Å². The van der Waals surface area contributed by atoms with E-state index in [1.54, 1.807) is 24.3 Å². The van der Waals surface area contributed by atoms with Crippen LogP contribution in [0.5, 0.6) is 17.2 Å². The molecule has 0 spiro atoms.